The molecule has 1 aliphatic carbocycles. The van der Waals surface area contributed by atoms with E-state index >= 15 is 0 Å². The first kappa shape index (κ1) is 29.9. The highest BCUT2D eigenvalue weighted by Gasteiger charge is 2.54. The number of rotatable bonds is 10. The van der Waals surface area contributed by atoms with E-state index in [0.29, 0.717) is 24.0 Å². The fourth-order valence-corrected chi connectivity index (χ4v) is 7.25. The Morgan fingerprint density at radius 2 is 1.76 bits per heavy atom. The maximum absolute atomic E-state index is 13.5. The number of imide groups is 1. The van der Waals surface area contributed by atoms with Gasteiger partial charge in [0.2, 0.25) is 11.8 Å². The summed E-state index contributed by atoms with van der Waals surface area (Å²) >= 11 is 1.47. The lowest BCUT2D eigenvalue weighted by atomic mass is 9.68. The van der Waals surface area contributed by atoms with Crippen LogP contribution in [0.3, 0.4) is 0 Å². The number of fused-ring (bicyclic) bond motifs is 1. The lowest BCUT2D eigenvalue weighted by molar-refractivity contribution is -0.140. The molecule has 0 saturated carbocycles. The number of phenols is 1. The van der Waals surface area contributed by atoms with Crippen molar-refractivity contribution in [2.24, 2.45) is 17.8 Å². The number of likely N-dealkylation sites (tertiary alicyclic amines) is 1. The van der Waals surface area contributed by atoms with E-state index in [0.717, 1.165) is 32.7 Å². The van der Waals surface area contributed by atoms with Crippen molar-refractivity contribution < 1.29 is 30.0 Å². The number of carbonyl (C=O) groups is 2. The van der Waals surface area contributed by atoms with E-state index in [1.165, 1.54) is 16.2 Å². The first-order valence-corrected chi connectivity index (χ1v) is 15.2. The molecule has 42 heavy (non-hydrogen) atoms. The largest absolute Gasteiger partial charge is 0.507 e. The summed E-state index contributed by atoms with van der Waals surface area (Å²) in [5.74, 6) is -2.53. The van der Waals surface area contributed by atoms with Crippen molar-refractivity contribution in [1.29, 1.82) is 0 Å². The molecule has 0 unspecified atom stereocenters. The van der Waals surface area contributed by atoms with Gasteiger partial charge >= 0.3 is 0 Å². The number of aryl methyl sites for hydroxylation is 2. The fourth-order valence-electron chi connectivity index (χ4n) is 6.56. The number of carbonyl (C=O) groups excluding carboxylic acids is 2. The Kier molecular flexibility index (Phi) is 9.08. The van der Waals surface area contributed by atoms with Crippen LogP contribution < -0.4 is 0 Å². The molecule has 7 nitrogen and oxygen atoms in total. The summed E-state index contributed by atoms with van der Waals surface area (Å²) in [6.07, 6.45) is 1.99. The molecule has 2 aliphatic rings. The number of hydrogen-bond acceptors (Lipinski definition) is 7. The van der Waals surface area contributed by atoms with Crippen LogP contribution in [0.25, 0.3) is 11.6 Å². The molecule has 2 heterocycles. The van der Waals surface area contributed by atoms with Crippen molar-refractivity contribution in [3.05, 3.63) is 98.3 Å². The van der Waals surface area contributed by atoms with Gasteiger partial charge in [-0.05, 0) is 95.7 Å². The van der Waals surface area contributed by atoms with Crippen molar-refractivity contribution in [3.8, 4) is 5.75 Å². The Hall–Kier alpha value is -3.56. The van der Waals surface area contributed by atoms with Gasteiger partial charge in [-0.2, -0.15) is 0 Å². The second-order valence-corrected chi connectivity index (χ2v) is 12.3. The van der Waals surface area contributed by atoms with Crippen molar-refractivity contribution in [2.45, 2.75) is 45.8 Å². The van der Waals surface area contributed by atoms with Crippen LogP contribution in [-0.4, -0.2) is 56.5 Å². The summed E-state index contributed by atoms with van der Waals surface area (Å²) in [4.78, 5) is 29.0. The van der Waals surface area contributed by atoms with Crippen LogP contribution in [0.15, 0.2) is 71.1 Å². The van der Waals surface area contributed by atoms with E-state index in [9.17, 15) is 30.0 Å². The summed E-state index contributed by atoms with van der Waals surface area (Å²) in [6, 6.07) is 17.4. The molecule has 0 radical (unpaired) electrons. The first-order chi connectivity index (χ1) is 20.2. The molecule has 5 rings (SSSR count). The predicted octanol–water partition coefficient (Wildman–Crippen LogP) is 4.85. The minimum atomic E-state index is -1.02. The third-order valence-corrected chi connectivity index (χ3v) is 9.46. The molecule has 2 aromatic carbocycles. The van der Waals surface area contributed by atoms with E-state index < -0.39 is 30.5 Å². The lowest BCUT2D eigenvalue weighted by Crippen LogP contribution is -2.39. The van der Waals surface area contributed by atoms with Crippen molar-refractivity contribution >= 4 is 34.8 Å². The molecule has 1 fully saturated rings. The van der Waals surface area contributed by atoms with Crippen molar-refractivity contribution in [2.75, 3.05) is 13.2 Å². The Bertz CT molecular complexity index is 1490. The van der Waals surface area contributed by atoms with E-state index in [4.69, 9.17) is 0 Å². The maximum atomic E-state index is 13.5. The smallest absolute Gasteiger partial charge is 0.234 e. The third kappa shape index (κ3) is 5.85. The highest BCUT2D eigenvalue weighted by atomic mass is 32.1. The maximum Gasteiger partial charge on any atom is 0.234 e. The Morgan fingerprint density at radius 1 is 1.05 bits per heavy atom. The van der Waals surface area contributed by atoms with Crippen LogP contribution in [0, 0.1) is 31.6 Å². The molecular formula is C34H37NO6S. The summed E-state index contributed by atoms with van der Waals surface area (Å²) in [5.41, 5.74) is 5.46. The summed E-state index contributed by atoms with van der Waals surface area (Å²) < 4.78 is 0. The molecule has 4 N–H and O–H groups in total. The minimum absolute atomic E-state index is 0.184. The molecule has 3 aromatic rings. The second-order valence-electron chi connectivity index (χ2n) is 11.3. The molecule has 220 valence electrons. The SMILES string of the molecule is Cc1cc(/C=C(/CC[C@@H](O)C2=C(CO)C[C@H]3C(=O)N(Cc4cccs4)C(=O)[C@H]3[C@H]2CO)c2ccccc2)cc(C)c1O. The topological polar surface area (TPSA) is 118 Å². The number of aliphatic hydroxyl groups excluding tert-OH is 3. The van der Waals surface area contributed by atoms with Crippen molar-refractivity contribution in [3.63, 3.8) is 0 Å². The highest BCUT2D eigenvalue weighted by molar-refractivity contribution is 7.09. The van der Waals surface area contributed by atoms with Gasteiger partial charge in [0, 0.05) is 10.8 Å². The first-order valence-electron chi connectivity index (χ1n) is 14.3. The van der Waals surface area contributed by atoms with Crippen LogP contribution >= 0.6 is 11.3 Å². The van der Waals surface area contributed by atoms with Gasteiger partial charge in [-0.1, -0.05) is 42.5 Å². The van der Waals surface area contributed by atoms with E-state index in [-0.39, 0.29) is 37.1 Å². The molecule has 2 amide bonds. The quantitative estimate of drug-likeness (QED) is 0.153. The normalized spacial score (nSPS) is 21.7. The number of aliphatic hydroxyl groups is 3. The Morgan fingerprint density at radius 3 is 2.38 bits per heavy atom. The minimum Gasteiger partial charge on any atom is -0.507 e. The average molecular weight is 588 g/mol. The van der Waals surface area contributed by atoms with Crippen LogP contribution in [0.5, 0.6) is 5.75 Å². The average Bonchev–Trinajstić information content (AvgIpc) is 3.60. The van der Waals surface area contributed by atoms with Gasteiger partial charge in [-0.15, -0.1) is 11.3 Å². The van der Waals surface area contributed by atoms with Crippen LogP contribution in [0.2, 0.25) is 0 Å². The van der Waals surface area contributed by atoms with Gasteiger partial charge in [-0.3, -0.25) is 14.5 Å². The standard InChI is InChI=1S/C34H37NO6S/c1-20-13-22(14-21(2)32(20)39)15-24(23-7-4-3-5-8-23)10-11-29(38)30-25(18-36)16-27-31(28(30)19-37)34(41)35(33(27)40)17-26-9-6-12-42-26/h3-9,12-15,27-29,31,36-39H,10-11,16-19H2,1-2H3/b24-15-/t27-,28+,29-,31-/m1/s1. The molecule has 1 saturated heterocycles. The zero-order valence-corrected chi connectivity index (χ0v) is 24.7. The summed E-state index contributed by atoms with van der Waals surface area (Å²) in [5, 5.41) is 44.5. The number of amides is 2. The van der Waals surface area contributed by atoms with Gasteiger partial charge < -0.3 is 20.4 Å². The lowest BCUT2D eigenvalue weighted by Gasteiger charge is -2.36. The molecule has 1 aliphatic heterocycles. The summed E-state index contributed by atoms with van der Waals surface area (Å²) in [7, 11) is 0. The van der Waals surface area contributed by atoms with E-state index in [2.05, 4.69) is 0 Å². The number of phenolic OH excluding ortho intramolecular Hbond substituents is 1. The number of nitrogens with zero attached hydrogens (tertiary/aromatic N) is 1. The zero-order valence-electron chi connectivity index (χ0n) is 23.9. The molecule has 8 heteroatoms. The van der Waals surface area contributed by atoms with Gasteiger partial charge in [0.1, 0.15) is 5.75 Å². The summed E-state index contributed by atoms with van der Waals surface area (Å²) in [6.45, 7) is 3.14. The van der Waals surface area contributed by atoms with E-state index in [1.807, 2.05) is 79.9 Å². The van der Waals surface area contributed by atoms with Gasteiger partial charge in [0.15, 0.2) is 0 Å². The molecule has 4 atom stereocenters. The number of aromatic hydroxyl groups is 1. The van der Waals surface area contributed by atoms with Crippen molar-refractivity contribution in [1.82, 2.24) is 4.90 Å². The molecule has 0 bridgehead atoms. The fraction of sp³-hybridized carbons (Fsp3) is 0.353. The van der Waals surface area contributed by atoms with Gasteiger partial charge in [-0.25, -0.2) is 0 Å². The Labute approximate surface area is 250 Å². The number of allylic oxidation sites excluding steroid dienone is 1. The van der Waals surface area contributed by atoms with E-state index in [1.54, 1.807) is 0 Å². The Balaban J connectivity index is 1.41. The number of thiophene rings is 1. The molecule has 0 spiro atoms. The third-order valence-electron chi connectivity index (χ3n) is 8.60. The van der Waals surface area contributed by atoms with Crippen LogP contribution in [-0.2, 0) is 16.1 Å². The predicted molar refractivity (Wildman–Crippen MR) is 163 cm³/mol. The molecular weight excluding hydrogens is 550 g/mol. The monoisotopic (exact) mass is 587 g/mol. The highest BCUT2D eigenvalue weighted by Crippen LogP contribution is 2.46. The van der Waals surface area contributed by atoms with Gasteiger partial charge in [0.25, 0.3) is 0 Å². The van der Waals surface area contributed by atoms with Crippen LogP contribution in [0.4, 0.5) is 0 Å². The molecule has 1 aromatic heterocycles. The van der Waals surface area contributed by atoms with Gasteiger partial charge in [0.05, 0.1) is 37.7 Å². The second kappa shape index (κ2) is 12.8. The number of benzene rings is 2. The number of hydrogen-bond donors (Lipinski definition) is 4. The van der Waals surface area contributed by atoms with Crippen LogP contribution in [0.1, 0.15) is 46.4 Å². The zero-order chi connectivity index (χ0) is 30.0.